The molecular formula is C32H33N7O. The monoisotopic (exact) mass is 531 g/mol. The molecule has 4 heterocycles. The number of anilines is 2. The van der Waals surface area contributed by atoms with Gasteiger partial charge < -0.3 is 14.5 Å². The molecule has 2 saturated heterocycles. The summed E-state index contributed by atoms with van der Waals surface area (Å²) in [5, 5.41) is 5.75. The number of benzene rings is 3. The van der Waals surface area contributed by atoms with Gasteiger partial charge in [0.15, 0.2) is 5.65 Å². The highest BCUT2D eigenvalue weighted by atomic mass is 16.5. The number of morpholine rings is 1. The van der Waals surface area contributed by atoms with Crippen LogP contribution in [0.3, 0.4) is 0 Å². The van der Waals surface area contributed by atoms with Crippen molar-refractivity contribution in [3.63, 3.8) is 0 Å². The predicted molar refractivity (Wildman–Crippen MR) is 158 cm³/mol. The summed E-state index contributed by atoms with van der Waals surface area (Å²) < 4.78 is 7.54. The van der Waals surface area contributed by atoms with Crippen LogP contribution in [0.1, 0.15) is 17.2 Å². The first kappa shape index (κ1) is 24.7. The molecule has 0 unspecified atom stereocenters. The van der Waals surface area contributed by atoms with E-state index in [1.165, 1.54) is 11.1 Å². The van der Waals surface area contributed by atoms with Crippen LogP contribution in [-0.2, 0) is 4.74 Å². The van der Waals surface area contributed by atoms with Gasteiger partial charge in [0.1, 0.15) is 5.82 Å². The lowest BCUT2D eigenvalue weighted by atomic mass is 9.96. The molecule has 2 aromatic heterocycles. The summed E-state index contributed by atoms with van der Waals surface area (Å²) in [5.74, 6) is 1.71. The summed E-state index contributed by atoms with van der Waals surface area (Å²) in [6.45, 7) is 6.56. The minimum atomic E-state index is 0.222. The van der Waals surface area contributed by atoms with Gasteiger partial charge in [0.05, 0.1) is 36.5 Å². The van der Waals surface area contributed by atoms with E-state index in [9.17, 15) is 0 Å². The molecule has 0 spiro atoms. The lowest BCUT2D eigenvalue weighted by Crippen LogP contribution is -2.48. The van der Waals surface area contributed by atoms with E-state index in [0.29, 0.717) is 13.2 Å². The van der Waals surface area contributed by atoms with Gasteiger partial charge in [-0.3, -0.25) is 4.90 Å². The van der Waals surface area contributed by atoms with E-state index in [0.717, 1.165) is 67.8 Å². The molecule has 5 aromatic rings. The quantitative estimate of drug-likeness (QED) is 0.318. The van der Waals surface area contributed by atoms with E-state index < -0.39 is 0 Å². The van der Waals surface area contributed by atoms with Crippen molar-refractivity contribution < 1.29 is 4.74 Å². The fourth-order valence-electron chi connectivity index (χ4n) is 5.86. The average molecular weight is 532 g/mol. The fourth-order valence-corrected chi connectivity index (χ4v) is 5.86. The zero-order chi connectivity index (χ0) is 26.7. The van der Waals surface area contributed by atoms with Crippen molar-refractivity contribution in [2.24, 2.45) is 0 Å². The minimum Gasteiger partial charge on any atom is -0.378 e. The lowest BCUT2D eigenvalue weighted by molar-refractivity contribution is 0.122. The van der Waals surface area contributed by atoms with Crippen LogP contribution in [0.25, 0.3) is 16.7 Å². The van der Waals surface area contributed by atoms with E-state index in [4.69, 9.17) is 19.8 Å². The topological polar surface area (TPSA) is 62.6 Å². The van der Waals surface area contributed by atoms with Crippen molar-refractivity contribution in [3.8, 4) is 5.69 Å². The number of nitrogens with zero attached hydrogens (tertiary/aromatic N) is 7. The largest absolute Gasteiger partial charge is 0.378 e. The highest BCUT2D eigenvalue weighted by Crippen LogP contribution is 2.33. The van der Waals surface area contributed by atoms with Crippen molar-refractivity contribution in [3.05, 3.63) is 108 Å². The van der Waals surface area contributed by atoms with Gasteiger partial charge >= 0.3 is 0 Å². The second-order valence-corrected chi connectivity index (χ2v) is 10.3. The summed E-state index contributed by atoms with van der Waals surface area (Å²) in [6.07, 6.45) is 1.92. The molecule has 2 fully saturated rings. The van der Waals surface area contributed by atoms with Crippen molar-refractivity contribution in [2.45, 2.75) is 6.04 Å². The first-order valence-electron chi connectivity index (χ1n) is 14.1. The summed E-state index contributed by atoms with van der Waals surface area (Å²) in [4.78, 5) is 17.4. The highest BCUT2D eigenvalue weighted by molar-refractivity contribution is 5.89. The number of ether oxygens (including phenoxy) is 1. The van der Waals surface area contributed by atoms with E-state index in [1.54, 1.807) is 0 Å². The summed E-state index contributed by atoms with van der Waals surface area (Å²) in [5.41, 5.74) is 4.48. The van der Waals surface area contributed by atoms with Crippen LogP contribution in [0.2, 0.25) is 0 Å². The first-order chi connectivity index (χ1) is 19.8. The van der Waals surface area contributed by atoms with Crippen molar-refractivity contribution in [2.75, 3.05) is 62.3 Å². The maximum atomic E-state index is 5.61. The van der Waals surface area contributed by atoms with E-state index in [-0.39, 0.29) is 6.04 Å². The Balaban J connectivity index is 1.22. The van der Waals surface area contributed by atoms with Crippen molar-refractivity contribution in [1.29, 1.82) is 0 Å². The van der Waals surface area contributed by atoms with Crippen LogP contribution in [0, 0.1) is 0 Å². The van der Waals surface area contributed by atoms with Gasteiger partial charge in [-0.15, -0.1) is 0 Å². The third-order valence-corrected chi connectivity index (χ3v) is 7.90. The minimum absolute atomic E-state index is 0.222. The Bertz CT molecular complexity index is 1500. The molecule has 8 heteroatoms. The van der Waals surface area contributed by atoms with Crippen LogP contribution < -0.4 is 9.80 Å². The molecular weight excluding hydrogens is 498 g/mol. The number of fused-ring (bicyclic) bond motifs is 1. The van der Waals surface area contributed by atoms with Crippen LogP contribution in [0.5, 0.6) is 0 Å². The fraction of sp³-hybridized carbons (Fsp3) is 0.281. The van der Waals surface area contributed by atoms with E-state index >= 15 is 0 Å². The van der Waals surface area contributed by atoms with Gasteiger partial charge in [-0.05, 0) is 23.3 Å². The molecule has 40 heavy (non-hydrogen) atoms. The normalized spacial score (nSPS) is 16.6. The zero-order valence-corrected chi connectivity index (χ0v) is 22.5. The SMILES string of the molecule is c1ccc(C(c2ccccc2)N2CCN(c3nc(N4CCOCC4)nc4c3cnn4-c3ccccc3)CC2)cc1. The Hall–Kier alpha value is -4.27. The molecule has 8 nitrogen and oxygen atoms in total. The molecule has 0 N–H and O–H groups in total. The van der Waals surface area contributed by atoms with Gasteiger partial charge in [0.25, 0.3) is 0 Å². The molecule has 0 aliphatic carbocycles. The Labute approximate surface area is 234 Å². The van der Waals surface area contributed by atoms with Crippen molar-refractivity contribution >= 4 is 22.8 Å². The van der Waals surface area contributed by atoms with Crippen LogP contribution in [0.15, 0.2) is 97.2 Å². The molecule has 2 aliphatic rings. The Morgan fingerprint density at radius 3 is 1.85 bits per heavy atom. The maximum Gasteiger partial charge on any atom is 0.229 e. The third kappa shape index (κ3) is 4.80. The number of rotatable bonds is 6. The van der Waals surface area contributed by atoms with E-state index in [1.807, 2.05) is 29.1 Å². The smallest absolute Gasteiger partial charge is 0.229 e. The molecule has 0 atom stereocenters. The van der Waals surface area contributed by atoms with Gasteiger partial charge in [-0.2, -0.15) is 15.1 Å². The van der Waals surface area contributed by atoms with Crippen molar-refractivity contribution in [1.82, 2.24) is 24.6 Å². The summed E-state index contributed by atoms with van der Waals surface area (Å²) in [6, 6.07) is 32.1. The molecule has 0 saturated carbocycles. The molecule has 3 aromatic carbocycles. The van der Waals surface area contributed by atoms with Crippen LogP contribution in [0.4, 0.5) is 11.8 Å². The Kier molecular flexibility index (Phi) is 6.85. The van der Waals surface area contributed by atoms with Gasteiger partial charge in [0, 0.05) is 39.3 Å². The number of hydrogen-bond acceptors (Lipinski definition) is 7. The number of hydrogen-bond donors (Lipinski definition) is 0. The number of piperazine rings is 1. The molecule has 0 radical (unpaired) electrons. The van der Waals surface area contributed by atoms with Gasteiger partial charge in [-0.1, -0.05) is 78.9 Å². The second-order valence-electron chi connectivity index (χ2n) is 10.3. The lowest BCUT2D eigenvalue weighted by Gasteiger charge is -2.40. The molecule has 7 rings (SSSR count). The predicted octanol–water partition coefficient (Wildman–Crippen LogP) is 4.56. The number of aromatic nitrogens is 4. The Morgan fingerprint density at radius 2 is 1.23 bits per heavy atom. The summed E-state index contributed by atoms with van der Waals surface area (Å²) >= 11 is 0. The molecule has 0 bridgehead atoms. The third-order valence-electron chi connectivity index (χ3n) is 7.90. The van der Waals surface area contributed by atoms with E-state index in [2.05, 4.69) is 87.5 Å². The average Bonchev–Trinajstić information content (AvgIpc) is 3.47. The molecule has 202 valence electrons. The van der Waals surface area contributed by atoms with Crippen LogP contribution >= 0.6 is 0 Å². The maximum absolute atomic E-state index is 5.61. The standard InChI is InChI=1S/C32H33N7O/c1-4-10-25(11-5-1)29(26-12-6-2-7-13-26)36-16-18-37(19-17-36)30-28-24-33-39(27-14-8-3-9-15-27)31(28)35-32(34-30)38-20-22-40-23-21-38/h1-15,24,29H,16-23H2. The Morgan fingerprint density at radius 1 is 0.625 bits per heavy atom. The summed E-state index contributed by atoms with van der Waals surface area (Å²) in [7, 11) is 0. The van der Waals surface area contributed by atoms with Gasteiger partial charge in [0.2, 0.25) is 5.95 Å². The number of para-hydroxylation sites is 1. The highest BCUT2D eigenvalue weighted by Gasteiger charge is 2.29. The van der Waals surface area contributed by atoms with Gasteiger partial charge in [-0.25, -0.2) is 4.68 Å². The first-order valence-corrected chi connectivity index (χ1v) is 14.1. The zero-order valence-electron chi connectivity index (χ0n) is 22.5. The second kappa shape index (κ2) is 11.1. The molecule has 0 amide bonds. The molecule has 2 aliphatic heterocycles. The van der Waals surface area contributed by atoms with Crippen LogP contribution in [-0.4, -0.2) is 77.1 Å².